The molecular weight excluding hydrogens is 243 g/mol. The first-order valence-electron chi connectivity index (χ1n) is 5.85. The van der Waals surface area contributed by atoms with Crippen molar-refractivity contribution in [2.45, 2.75) is 0 Å². The van der Waals surface area contributed by atoms with Crippen LogP contribution in [0, 0.1) is 5.82 Å². The van der Waals surface area contributed by atoms with Gasteiger partial charge in [0.2, 0.25) is 0 Å². The van der Waals surface area contributed by atoms with Gasteiger partial charge in [-0.2, -0.15) is 5.10 Å². The van der Waals surface area contributed by atoms with Crippen LogP contribution in [0.25, 0.3) is 5.69 Å². The predicted molar refractivity (Wildman–Crippen MR) is 70.0 cm³/mol. The van der Waals surface area contributed by atoms with Crippen LogP contribution in [-0.4, -0.2) is 9.78 Å². The van der Waals surface area contributed by atoms with Crippen LogP contribution >= 0.6 is 0 Å². The van der Waals surface area contributed by atoms with Crippen molar-refractivity contribution in [1.82, 2.24) is 9.78 Å². The van der Waals surface area contributed by atoms with Gasteiger partial charge < -0.3 is 4.74 Å². The monoisotopic (exact) mass is 254 g/mol. The highest BCUT2D eigenvalue weighted by Crippen LogP contribution is 2.27. The number of hydrogen-bond donors (Lipinski definition) is 0. The second kappa shape index (κ2) is 4.94. The lowest BCUT2D eigenvalue weighted by atomic mass is 10.3. The molecule has 1 heterocycles. The molecule has 4 heteroatoms. The van der Waals surface area contributed by atoms with E-state index in [0.717, 1.165) is 5.69 Å². The summed E-state index contributed by atoms with van der Waals surface area (Å²) in [6, 6.07) is 15.3. The summed E-state index contributed by atoms with van der Waals surface area (Å²) in [5, 5.41) is 4.18. The van der Waals surface area contributed by atoms with Crippen molar-refractivity contribution in [3.63, 3.8) is 0 Å². The summed E-state index contributed by atoms with van der Waals surface area (Å²) in [7, 11) is 0. The highest BCUT2D eigenvalue weighted by molar-refractivity contribution is 5.48. The normalized spacial score (nSPS) is 10.4. The molecule has 0 aliphatic carbocycles. The zero-order chi connectivity index (χ0) is 13.1. The molecule has 2 aromatic carbocycles. The van der Waals surface area contributed by atoms with Crippen molar-refractivity contribution in [2.24, 2.45) is 0 Å². The first kappa shape index (κ1) is 11.5. The Morgan fingerprint density at radius 1 is 0.947 bits per heavy atom. The summed E-state index contributed by atoms with van der Waals surface area (Å²) in [4.78, 5) is 0. The Morgan fingerprint density at radius 3 is 2.47 bits per heavy atom. The second-order valence-corrected chi connectivity index (χ2v) is 3.97. The zero-order valence-electron chi connectivity index (χ0n) is 10.0. The topological polar surface area (TPSA) is 27.1 Å². The van der Waals surface area contributed by atoms with Crippen molar-refractivity contribution in [3.05, 3.63) is 72.8 Å². The van der Waals surface area contributed by atoms with Gasteiger partial charge in [-0.25, -0.2) is 9.07 Å². The molecule has 0 fully saturated rings. The second-order valence-electron chi connectivity index (χ2n) is 3.97. The van der Waals surface area contributed by atoms with Gasteiger partial charge >= 0.3 is 0 Å². The van der Waals surface area contributed by atoms with Gasteiger partial charge in [-0.15, -0.1) is 0 Å². The number of para-hydroxylation sites is 2. The average molecular weight is 254 g/mol. The van der Waals surface area contributed by atoms with Crippen molar-refractivity contribution in [1.29, 1.82) is 0 Å². The lowest BCUT2D eigenvalue weighted by Gasteiger charge is -2.10. The van der Waals surface area contributed by atoms with Crippen LogP contribution in [0.15, 0.2) is 67.0 Å². The van der Waals surface area contributed by atoms with Crippen LogP contribution in [0.3, 0.4) is 0 Å². The van der Waals surface area contributed by atoms with Gasteiger partial charge in [-0.1, -0.05) is 12.1 Å². The summed E-state index contributed by atoms with van der Waals surface area (Å²) >= 11 is 0. The fourth-order valence-electron chi connectivity index (χ4n) is 1.77. The van der Waals surface area contributed by atoms with E-state index in [-0.39, 0.29) is 5.82 Å². The maximum Gasteiger partial charge on any atom is 0.153 e. The van der Waals surface area contributed by atoms with Gasteiger partial charge in [0.1, 0.15) is 17.3 Å². The van der Waals surface area contributed by atoms with E-state index in [0.29, 0.717) is 11.5 Å². The fraction of sp³-hybridized carbons (Fsp3) is 0. The maximum absolute atomic E-state index is 12.9. The Bertz CT molecular complexity index is 663. The molecule has 3 aromatic rings. The summed E-state index contributed by atoms with van der Waals surface area (Å²) in [6.45, 7) is 0. The molecule has 19 heavy (non-hydrogen) atoms. The minimum Gasteiger partial charge on any atom is -0.455 e. The third-order valence-corrected chi connectivity index (χ3v) is 2.66. The number of nitrogens with zero attached hydrogens (tertiary/aromatic N) is 2. The first-order valence-corrected chi connectivity index (χ1v) is 5.85. The molecule has 1 aromatic heterocycles. The molecule has 0 unspecified atom stereocenters. The summed E-state index contributed by atoms with van der Waals surface area (Å²) in [5.74, 6) is 0.964. The summed E-state index contributed by atoms with van der Waals surface area (Å²) < 4.78 is 20.3. The van der Waals surface area contributed by atoms with Gasteiger partial charge in [0, 0.05) is 12.4 Å². The first-order chi connectivity index (χ1) is 9.33. The molecule has 0 aliphatic heterocycles. The van der Waals surface area contributed by atoms with E-state index in [4.69, 9.17) is 4.74 Å². The van der Waals surface area contributed by atoms with Crippen molar-refractivity contribution in [3.8, 4) is 17.2 Å². The molecule has 0 N–H and O–H groups in total. The Morgan fingerprint density at radius 2 is 1.74 bits per heavy atom. The van der Waals surface area contributed by atoms with Crippen LogP contribution in [0.4, 0.5) is 4.39 Å². The predicted octanol–water partition coefficient (Wildman–Crippen LogP) is 3.80. The average Bonchev–Trinajstić information content (AvgIpc) is 2.96. The van der Waals surface area contributed by atoms with Gasteiger partial charge in [0.05, 0.1) is 0 Å². The number of hydrogen-bond acceptors (Lipinski definition) is 2. The Balaban J connectivity index is 1.95. The zero-order valence-corrected chi connectivity index (χ0v) is 10.0. The van der Waals surface area contributed by atoms with Crippen LogP contribution in [0.1, 0.15) is 0 Å². The van der Waals surface area contributed by atoms with Crippen LogP contribution < -0.4 is 4.74 Å². The molecule has 0 atom stereocenters. The SMILES string of the molecule is Fc1ccc(Oc2ccccc2-n2cccn2)cc1. The number of rotatable bonds is 3. The van der Waals surface area contributed by atoms with E-state index < -0.39 is 0 Å². The Labute approximate surface area is 109 Å². The Hall–Kier alpha value is -2.62. The lowest BCUT2D eigenvalue weighted by molar-refractivity contribution is 0.476. The highest BCUT2D eigenvalue weighted by Gasteiger charge is 2.06. The van der Waals surface area contributed by atoms with Gasteiger partial charge in [-0.3, -0.25) is 0 Å². The quantitative estimate of drug-likeness (QED) is 0.710. The molecule has 0 saturated carbocycles. The van der Waals surface area contributed by atoms with Crippen LogP contribution in [0.5, 0.6) is 11.5 Å². The van der Waals surface area contributed by atoms with Crippen LogP contribution in [0.2, 0.25) is 0 Å². The molecule has 0 bridgehead atoms. The Kier molecular flexibility index (Phi) is 2.98. The molecule has 0 radical (unpaired) electrons. The molecule has 3 rings (SSSR count). The van der Waals surface area contributed by atoms with Crippen molar-refractivity contribution >= 4 is 0 Å². The third kappa shape index (κ3) is 2.47. The number of halogens is 1. The fourth-order valence-corrected chi connectivity index (χ4v) is 1.77. The number of ether oxygens (including phenoxy) is 1. The molecule has 3 nitrogen and oxygen atoms in total. The maximum atomic E-state index is 12.9. The highest BCUT2D eigenvalue weighted by atomic mass is 19.1. The molecule has 0 spiro atoms. The molecule has 0 saturated heterocycles. The van der Waals surface area contributed by atoms with E-state index in [2.05, 4.69) is 5.10 Å². The summed E-state index contributed by atoms with van der Waals surface area (Å²) in [5.41, 5.74) is 0.830. The smallest absolute Gasteiger partial charge is 0.153 e. The third-order valence-electron chi connectivity index (χ3n) is 2.66. The van der Waals surface area contributed by atoms with E-state index >= 15 is 0 Å². The largest absolute Gasteiger partial charge is 0.455 e. The molecule has 0 aliphatic rings. The standard InChI is InChI=1S/C15H11FN2O/c16-12-6-8-13(9-7-12)19-15-5-2-1-4-14(15)18-11-3-10-17-18/h1-11H. The van der Waals surface area contributed by atoms with Gasteiger partial charge in [-0.05, 0) is 42.5 Å². The molecular formula is C15H11FN2O. The van der Waals surface area contributed by atoms with E-state index in [1.807, 2.05) is 36.5 Å². The minimum atomic E-state index is -0.285. The van der Waals surface area contributed by atoms with Crippen molar-refractivity contribution in [2.75, 3.05) is 0 Å². The van der Waals surface area contributed by atoms with Crippen molar-refractivity contribution < 1.29 is 9.13 Å². The number of benzene rings is 2. The van der Waals surface area contributed by atoms with E-state index in [1.165, 1.54) is 12.1 Å². The lowest BCUT2D eigenvalue weighted by Crippen LogP contribution is -1.97. The van der Waals surface area contributed by atoms with E-state index in [9.17, 15) is 4.39 Å². The number of aromatic nitrogens is 2. The van der Waals surface area contributed by atoms with Crippen LogP contribution in [-0.2, 0) is 0 Å². The minimum absolute atomic E-state index is 0.285. The molecule has 0 amide bonds. The van der Waals surface area contributed by atoms with Gasteiger partial charge in [0.25, 0.3) is 0 Å². The van der Waals surface area contributed by atoms with E-state index in [1.54, 1.807) is 23.0 Å². The molecule has 94 valence electrons. The summed E-state index contributed by atoms with van der Waals surface area (Å²) in [6.07, 6.45) is 3.54. The van der Waals surface area contributed by atoms with Gasteiger partial charge in [0.15, 0.2) is 5.75 Å².